The number of carbonyl (C=O) groups excluding carboxylic acids is 1. The van der Waals surface area contributed by atoms with E-state index >= 15 is 0 Å². The van der Waals surface area contributed by atoms with Gasteiger partial charge in [0.05, 0.1) is 24.4 Å². The summed E-state index contributed by atoms with van der Waals surface area (Å²) in [5.74, 6) is -0.328. The molecule has 0 N–H and O–H groups in total. The van der Waals surface area contributed by atoms with Gasteiger partial charge < -0.3 is 18.8 Å². The highest BCUT2D eigenvalue weighted by Crippen LogP contribution is 2.40. The number of hydrogen-bond donors (Lipinski definition) is 0. The normalized spacial score (nSPS) is 11.1. The molecule has 0 spiro atoms. The van der Waals surface area contributed by atoms with Crippen molar-refractivity contribution in [3.05, 3.63) is 71.9 Å². The van der Waals surface area contributed by atoms with Gasteiger partial charge in [-0.15, -0.1) is 0 Å². The molecule has 1 heterocycles. The van der Waals surface area contributed by atoms with E-state index < -0.39 is 6.29 Å². The molecule has 1 aromatic heterocycles. The lowest BCUT2D eigenvalue weighted by Gasteiger charge is -2.19. The van der Waals surface area contributed by atoms with Crippen molar-refractivity contribution in [2.24, 2.45) is 0 Å². The average molecular weight is 393 g/mol. The van der Waals surface area contributed by atoms with Gasteiger partial charge in [0.2, 0.25) is 0 Å². The Labute approximate surface area is 171 Å². The summed E-state index contributed by atoms with van der Waals surface area (Å²) in [6.45, 7) is 4.52. The molecule has 0 aliphatic rings. The summed E-state index contributed by atoms with van der Waals surface area (Å²) >= 11 is 0. The number of rotatable bonds is 8. The first-order valence-corrected chi connectivity index (χ1v) is 9.68. The van der Waals surface area contributed by atoms with Crippen LogP contribution in [0.15, 0.2) is 60.7 Å². The smallest absolute Gasteiger partial charge is 0.340 e. The Morgan fingerprint density at radius 1 is 0.931 bits per heavy atom. The van der Waals surface area contributed by atoms with Gasteiger partial charge >= 0.3 is 5.97 Å². The molecule has 2 aromatic carbocycles. The minimum atomic E-state index is -0.442. The molecule has 0 aliphatic carbocycles. The minimum absolute atomic E-state index is 0.317. The van der Waals surface area contributed by atoms with Crippen LogP contribution in [0.3, 0.4) is 0 Å². The third-order valence-corrected chi connectivity index (χ3v) is 4.97. The molecule has 3 aromatic rings. The van der Waals surface area contributed by atoms with Crippen LogP contribution >= 0.6 is 0 Å². The quantitative estimate of drug-likeness (QED) is 0.402. The Morgan fingerprint density at radius 2 is 1.48 bits per heavy atom. The molecule has 3 rings (SSSR count). The summed E-state index contributed by atoms with van der Waals surface area (Å²) in [6, 6.07) is 20.0. The molecule has 0 aliphatic heterocycles. The van der Waals surface area contributed by atoms with Crippen molar-refractivity contribution < 1.29 is 19.0 Å². The Hall–Kier alpha value is -2.89. The molecule has 0 atom stereocenters. The summed E-state index contributed by atoms with van der Waals surface area (Å²) in [7, 11) is 3.22. The van der Waals surface area contributed by atoms with E-state index in [4.69, 9.17) is 14.2 Å². The van der Waals surface area contributed by atoms with Crippen molar-refractivity contribution in [2.45, 2.75) is 26.7 Å². The van der Waals surface area contributed by atoms with Gasteiger partial charge in [-0.25, -0.2) is 4.79 Å². The second-order valence-electron chi connectivity index (χ2n) is 6.65. The van der Waals surface area contributed by atoms with Crippen LogP contribution in [0, 0.1) is 6.92 Å². The molecule has 0 saturated carbocycles. The Balaban J connectivity index is 2.34. The molecule has 0 amide bonds. The molecular formula is C24H27NO4. The van der Waals surface area contributed by atoms with Crippen LogP contribution in [0.4, 0.5) is 0 Å². The Kier molecular flexibility index (Phi) is 6.86. The number of nitrogens with zero attached hydrogens (tertiary/aromatic N) is 1. The zero-order valence-electron chi connectivity index (χ0n) is 17.3. The number of aromatic nitrogens is 1. The molecule has 5 heteroatoms. The van der Waals surface area contributed by atoms with Crippen molar-refractivity contribution in [2.75, 3.05) is 20.8 Å². The molecular weight excluding hydrogens is 366 g/mol. The molecule has 0 bridgehead atoms. The zero-order valence-corrected chi connectivity index (χ0v) is 17.3. The maximum atomic E-state index is 13.0. The number of esters is 1. The topological polar surface area (TPSA) is 49.7 Å². The van der Waals surface area contributed by atoms with E-state index in [1.165, 1.54) is 0 Å². The molecule has 0 fully saturated rings. The summed E-state index contributed by atoms with van der Waals surface area (Å²) in [6.07, 6.45) is -0.442. The summed E-state index contributed by atoms with van der Waals surface area (Å²) < 4.78 is 18.4. The van der Waals surface area contributed by atoms with Gasteiger partial charge in [0.25, 0.3) is 0 Å². The van der Waals surface area contributed by atoms with Gasteiger partial charge in [0.1, 0.15) is 0 Å². The lowest BCUT2D eigenvalue weighted by molar-refractivity contribution is -0.110. The summed E-state index contributed by atoms with van der Waals surface area (Å²) in [4.78, 5) is 13.0. The summed E-state index contributed by atoms with van der Waals surface area (Å²) in [5.41, 5.74) is 5.16. The van der Waals surface area contributed by atoms with E-state index in [2.05, 4.69) is 4.57 Å². The van der Waals surface area contributed by atoms with Crippen LogP contribution in [0.2, 0.25) is 0 Å². The van der Waals surface area contributed by atoms with Crippen molar-refractivity contribution in [1.29, 1.82) is 0 Å². The molecule has 152 valence electrons. The van der Waals surface area contributed by atoms with Crippen LogP contribution in [0.5, 0.6) is 0 Å². The van der Waals surface area contributed by atoms with E-state index in [0.717, 1.165) is 28.1 Å². The fourth-order valence-corrected chi connectivity index (χ4v) is 3.59. The SMILES string of the molecule is CCOC(=O)c1c(-c2ccccc2)c(-c2ccccc2)n(CC(OC)OC)c1C. The second kappa shape index (κ2) is 9.54. The van der Waals surface area contributed by atoms with Crippen molar-refractivity contribution >= 4 is 5.97 Å². The number of hydrogen-bond acceptors (Lipinski definition) is 4. The maximum absolute atomic E-state index is 13.0. The standard InChI is InChI=1S/C24H27NO4/c1-5-29-24(26)21-17(2)25(16-20(27-3)28-4)23(19-14-10-7-11-15-19)22(21)18-12-8-6-9-13-18/h6-15,20H,5,16H2,1-4H3. The van der Waals surface area contributed by atoms with Gasteiger partial charge in [-0.3, -0.25) is 0 Å². The minimum Gasteiger partial charge on any atom is -0.462 e. The van der Waals surface area contributed by atoms with Gasteiger partial charge in [0, 0.05) is 25.5 Å². The lowest BCUT2D eigenvalue weighted by atomic mass is 9.97. The van der Waals surface area contributed by atoms with E-state index in [1.807, 2.05) is 74.5 Å². The first-order valence-electron chi connectivity index (χ1n) is 9.68. The van der Waals surface area contributed by atoms with Crippen LogP contribution in [-0.4, -0.2) is 37.7 Å². The van der Waals surface area contributed by atoms with Gasteiger partial charge in [-0.2, -0.15) is 0 Å². The number of benzene rings is 2. The fraction of sp³-hybridized carbons (Fsp3) is 0.292. The average Bonchev–Trinajstić information content (AvgIpc) is 3.05. The van der Waals surface area contributed by atoms with Crippen LogP contribution in [-0.2, 0) is 20.8 Å². The lowest BCUT2D eigenvalue weighted by Crippen LogP contribution is -2.22. The van der Waals surface area contributed by atoms with Crippen molar-refractivity contribution in [3.63, 3.8) is 0 Å². The predicted octanol–water partition coefficient (Wildman–Crippen LogP) is 4.93. The highest BCUT2D eigenvalue weighted by molar-refractivity contribution is 6.03. The Morgan fingerprint density at radius 3 is 2.00 bits per heavy atom. The monoisotopic (exact) mass is 393 g/mol. The third-order valence-electron chi connectivity index (χ3n) is 4.97. The molecule has 29 heavy (non-hydrogen) atoms. The van der Waals surface area contributed by atoms with Crippen molar-refractivity contribution in [3.8, 4) is 22.4 Å². The third kappa shape index (κ3) is 4.26. The van der Waals surface area contributed by atoms with Crippen molar-refractivity contribution in [1.82, 2.24) is 4.57 Å². The van der Waals surface area contributed by atoms with Gasteiger partial charge in [-0.05, 0) is 25.0 Å². The van der Waals surface area contributed by atoms with E-state index in [9.17, 15) is 4.79 Å². The molecule has 5 nitrogen and oxygen atoms in total. The first kappa shape index (κ1) is 20.8. The molecule has 0 radical (unpaired) electrons. The van der Waals surface area contributed by atoms with E-state index in [-0.39, 0.29) is 5.97 Å². The first-order chi connectivity index (χ1) is 14.1. The number of ether oxygens (including phenoxy) is 3. The highest BCUT2D eigenvalue weighted by Gasteiger charge is 2.28. The second-order valence-corrected chi connectivity index (χ2v) is 6.65. The zero-order chi connectivity index (χ0) is 20.8. The summed E-state index contributed by atoms with van der Waals surface area (Å²) in [5, 5.41) is 0. The van der Waals surface area contributed by atoms with Crippen LogP contribution < -0.4 is 0 Å². The van der Waals surface area contributed by atoms with E-state index in [1.54, 1.807) is 14.2 Å². The van der Waals surface area contributed by atoms with E-state index in [0.29, 0.717) is 18.7 Å². The fourth-order valence-electron chi connectivity index (χ4n) is 3.59. The highest BCUT2D eigenvalue weighted by atomic mass is 16.7. The predicted molar refractivity (Wildman–Crippen MR) is 114 cm³/mol. The number of carbonyl (C=O) groups is 1. The van der Waals surface area contributed by atoms with Crippen LogP contribution in [0.25, 0.3) is 22.4 Å². The largest absolute Gasteiger partial charge is 0.462 e. The van der Waals surface area contributed by atoms with Gasteiger partial charge in [0.15, 0.2) is 6.29 Å². The molecule has 0 unspecified atom stereocenters. The maximum Gasteiger partial charge on any atom is 0.340 e. The number of methoxy groups -OCH3 is 2. The van der Waals surface area contributed by atoms with Crippen LogP contribution in [0.1, 0.15) is 23.0 Å². The van der Waals surface area contributed by atoms with Gasteiger partial charge in [-0.1, -0.05) is 60.7 Å². The molecule has 0 saturated heterocycles. The Bertz CT molecular complexity index is 944.